The van der Waals surface area contributed by atoms with Gasteiger partial charge in [-0.1, -0.05) is 15.9 Å². The summed E-state index contributed by atoms with van der Waals surface area (Å²) in [5, 5.41) is 0. The van der Waals surface area contributed by atoms with Crippen molar-refractivity contribution >= 4 is 31.6 Å². The summed E-state index contributed by atoms with van der Waals surface area (Å²) in [5.74, 6) is 0. The Morgan fingerprint density at radius 2 is 1.94 bits per heavy atom. The summed E-state index contributed by atoms with van der Waals surface area (Å²) in [7, 11) is -1.97. The largest absolute Gasteiger partial charge is 0.398 e. The summed E-state index contributed by atoms with van der Waals surface area (Å²) < 4.78 is 26.3. The van der Waals surface area contributed by atoms with E-state index in [-0.39, 0.29) is 16.6 Å². The highest BCUT2D eigenvalue weighted by molar-refractivity contribution is 9.10. The summed E-state index contributed by atoms with van der Waals surface area (Å²) >= 11 is 3.24. The average Bonchev–Trinajstić information content (AvgIpc) is 2.20. The van der Waals surface area contributed by atoms with E-state index in [1.807, 2.05) is 13.8 Å². The third-order valence-electron chi connectivity index (χ3n) is 2.36. The van der Waals surface area contributed by atoms with Gasteiger partial charge in [0.1, 0.15) is 4.90 Å². The maximum absolute atomic E-state index is 12.2. The summed E-state index contributed by atoms with van der Waals surface area (Å²) in [6.45, 7) is 3.62. The minimum atomic E-state index is -3.51. The van der Waals surface area contributed by atoms with Crippen LogP contribution in [0.2, 0.25) is 0 Å². The Morgan fingerprint density at radius 1 is 1.38 bits per heavy atom. The molecule has 0 atom stereocenters. The molecule has 0 aliphatic rings. The third-order valence-corrected chi connectivity index (χ3v) is 4.94. The molecule has 0 aliphatic carbocycles. The summed E-state index contributed by atoms with van der Waals surface area (Å²) in [6, 6.07) is 4.70. The molecule has 0 heterocycles. The number of nitrogen functional groups attached to an aromatic ring is 1. The molecule has 2 N–H and O–H groups in total. The van der Waals surface area contributed by atoms with Crippen molar-refractivity contribution in [2.75, 3.05) is 12.8 Å². The van der Waals surface area contributed by atoms with E-state index in [1.165, 1.54) is 10.4 Å². The highest BCUT2D eigenvalue weighted by Gasteiger charge is 2.25. The minimum absolute atomic E-state index is 0.108. The van der Waals surface area contributed by atoms with E-state index in [1.54, 1.807) is 19.2 Å². The van der Waals surface area contributed by atoms with E-state index < -0.39 is 10.0 Å². The van der Waals surface area contributed by atoms with Crippen molar-refractivity contribution in [2.45, 2.75) is 24.8 Å². The van der Waals surface area contributed by atoms with Gasteiger partial charge in [0, 0.05) is 17.6 Å². The van der Waals surface area contributed by atoms with Crippen LogP contribution in [0.25, 0.3) is 0 Å². The first-order valence-corrected chi connectivity index (χ1v) is 7.03. The fourth-order valence-electron chi connectivity index (χ4n) is 1.16. The van der Waals surface area contributed by atoms with Crippen LogP contribution in [0.15, 0.2) is 27.6 Å². The Labute approximate surface area is 105 Å². The monoisotopic (exact) mass is 306 g/mol. The lowest BCUT2D eigenvalue weighted by Gasteiger charge is -2.21. The number of nitrogens with two attached hydrogens (primary N) is 1. The quantitative estimate of drug-likeness (QED) is 0.869. The molecule has 0 radical (unpaired) electrons. The summed E-state index contributed by atoms with van der Waals surface area (Å²) in [4.78, 5) is 0.137. The smallest absolute Gasteiger partial charge is 0.245 e. The molecule has 0 aliphatic heterocycles. The second-order valence-electron chi connectivity index (χ2n) is 3.80. The van der Waals surface area contributed by atoms with Crippen molar-refractivity contribution in [1.29, 1.82) is 0 Å². The van der Waals surface area contributed by atoms with Crippen molar-refractivity contribution in [3.8, 4) is 0 Å². The Hall–Kier alpha value is -0.590. The van der Waals surface area contributed by atoms with Crippen molar-refractivity contribution in [1.82, 2.24) is 4.31 Å². The van der Waals surface area contributed by atoms with Gasteiger partial charge >= 0.3 is 0 Å². The zero-order valence-corrected chi connectivity index (χ0v) is 11.8. The second-order valence-corrected chi connectivity index (χ2v) is 6.68. The first-order chi connectivity index (χ1) is 7.26. The molecule has 16 heavy (non-hydrogen) atoms. The summed E-state index contributed by atoms with van der Waals surface area (Å²) in [5.41, 5.74) is 5.95. The molecule has 0 saturated heterocycles. The van der Waals surface area contributed by atoms with E-state index in [9.17, 15) is 8.42 Å². The predicted molar refractivity (Wildman–Crippen MR) is 68.6 cm³/mol. The number of anilines is 1. The van der Waals surface area contributed by atoms with E-state index in [2.05, 4.69) is 15.9 Å². The van der Waals surface area contributed by atoms with Crippen LogP contribution < -0.4 is 5.73 Å². The van der Waals surface area contributed by atoms with Crippen molar-refractivity contribution in [3.63, 3.8) is 0 Å². The van der Waals surface area contributed by atoms with Crippen LogP contribution in [0.1, 0.15) is 13.8 Å². The molecule has 0 fully saturated rings. The number of rotatable bonds is 3. The van der Waals surface area contributed by atoms with Gasteiger partial charge in [-0.3, -0.25) is 0 Å². The molecule has 4 nitrogen and oxygen atoms in total. The van der Waals surface area contributed by atoms with Crippen LogP contribution in [-0.4, -0.2) is 25.8 Å². The van der Waals surface area contributed by atoms with Gasteiger partial charge in [0.05, 0.1) is 5.69 Å². The van der Waals surface area contributed by atoms with Crippen molar-refractivity contribution in [3.05, 3.63) is 22.7 Å². The van der Waals surface area contributed by atoms with E-state index in [0.717, 1.165) is 0 Å². The highest BCUT2D eigenvalue weighted by atomic mass is 79.9. The Kier molecular flexibility index (Phi) is 3.98. The van der Waals surface area contributed by atoms with Crippen LogP contribution in [-0.2, 0) is 10.0 Å². The predicted octanol–water partition coefficient (Wildman–Crippen LogP) is 2.06. The van der Waals surface area contributed by atoms with Gasteiger partial charge in [-0.15, -0.1) is 0 Å². The molecule has 0 unspecified atom stereocenters. The summed E-state index contributed by atoms with van der Waals surface area (Å²) in [6.07, 6.45) is 0. The standard InChI is InChI=1S/C10H15BrN2O2S/c1-7(2)13(3)16(14,15)10-6-8(11)4-5-9(10)12/h4-7H,12H2,1-3H3. The van der Waals surface area contributed by atoms with Crippen LogP contribution >= 0.6 is 15.9 Å². The zero-order chi connectivity index (χ0) is 12.5. The average molecular weight is 307 g/mol. The van der Waals surface area contributed by atoms with Crippen LogP contribution in [0.3, 0.4) is 0 Å². The van der Waals surface area contributed by atoms with Crippen molar-refractivity contribution < 1.29 is 8.42 Å². The molecule has 1 rings (SSSR count). The van der Waals surface area contributed by atoms with Gasteiger partial charge in [-0.25, -0.2) is 8.42 Å². The molecular weight excluding hydrogens is 292 g/mol. The molecule has 0 spiro atoms. The molecule has 0 saturated carbocycles. The maximum atomic E-state index is 12.2. The van der Waals surface area contributed by atoms with Crippen LogP contribution in [0, 0.1) is 0 Å². The van der Waals surface area contributed by atoms with Gasteiger partial charge in [0.25, 0.3) is 0 Å². The molecule has 90 valence electrons. The number of sulfonamides is 1. The molecule has 0 bridgehead atoms. The molecule has 1 aromatic rings. The molecule has 0 aromatic heterocycles. The van der Waals surface area contributed by atoms with E-state index >= 15 is 0 Å². The Balaban J connectivity index is 3.32. The lowest BCUT2D eigenvalue weighted by atomic mass is 10.3. The van der Waals surface area contributed by atoms with Gasteiger partial charge in [-0.2, -0.15) is 4.31 Å². The van der Waals surface area contributed by atoms with Gasteiger partial charge in [-0.05, 0) is 32.0 Å². The maximum Gasteiger partial charge on any atom is 0.245 e. The molecule has 0 amide bonds. The molecule has 1 aromatic carbocycles. The number of halogens is 1. The Morgan fingerprint density at radius 3 is 2.44 bits per heavy atom. The first-order valence-electron chi connectivity index (χ1n) is 4.80. The van der Waals surface area contributed by atoms with Gasteiger partial charge in [0.2, 0.25) is 10.0 Å². The number of nitrogens with zero attached hydrogens (tertiary/aromatic N) is 1. The fraction of sp³-hybridized carbons (Fsp3) is 0.400. The normalized spacial score (nSPS) is 12.4. The number of hydrogen-bond acceptors (Lipinski definition) is 3. The topological polar surface area (TPSA) is 63.4 Å². The highest BCUT2D eigenvalue weighted by Crippen LogP contribution is 2.26. The third kappa shape index (κ3) is 2.56. The number of hydrogen-bond donors (Lipinski definition) is 1. The first kappa shape index (κ1) is 13.5. The molecule has 6 heteroatoms. The Bertz CT molecular complexity index is 486. The van der Waals surface area contributed by atoms with E-state index in [4.69, 9.17) is 5.73 Å². The SMILES string of the molecule is CC(C)N(C)S(=O)(=O)c1cc(Br)ccc1N. The van der Waals surface area contributed by atoms with Gasteiger partial charge < -0.3 is 5.73 Å². The van der Waals surface area contributed by atoms with Crippen molar-refractivity contribution in [2.24, 2.45) is 0 Å². The fourth-order valence-corrected chi connectivity index (χ4v) is 3.18. The second kappa shape index (κ2) is 4.73. The molecular formula is C10H15BrN2O2S. The lowest BCUT2D eigenvalue weighted by Crippen LogP contribution is -2.33. The van der Waals surface area contributed by atoms with Crippen LogP contribution in [0.5, 0.6) is 0 Å². The lowest BCUT2D eigenvalue weighted by molar-refractivity contribution is 0.411. The zero-order valence-electron chi connectivity index (χ0n) is 9.44. The van der Waals surface area contributed by atoms with E-state index in [0.29, 0.717) is 4.47 Å². The number of benzene rings is 1. The van der Waals surface area contributed by atoms with Crippen LogP contribution in [0.4, 0.5) is 5.69 Å². The van der Waals surface area contributed by atoms with Gasteiger partial charge in [0.15, 0.2) is 0 Å². The minimum Gasteiger partial charge on any atom is -0.398 e.